The van der Waals surface area contributed by atoms with E-state index in [0.717, 1.165) is 49.7 Å². The van der Waals surface area contributed by atoms with Crippen molar-refractivity contribution in [2.75, 3.05) is 33.8 Å². The minimum atomic E-state index is 0. The standard InChI is InChI=1S/C17H26N2O2.ClH/c1-18-9-6-14-7-10-19(11-8-14)17(20)13-15-4-3-5-16(12-15)21-2;/h3-5,12,14,18H,6-11,13H2,1-2H3;1H. The van der Waals surface area contributed by atoms with Gasteiger partial charge in [-0.15, -0.1) is 12.4 Å². The van der Waals surface area contributed by atoms with Gasteiger partial charge in [-0.3, -0.25) is 4.79 Å². The molecule has 1 amide bonds. The maximum atomic E-state index is 12.4. The van der Waals surface area contributed by atoms with Gasteiger partial charge in [0, 0.05) is 13.1 Å². The Morgan fingerprint density at radius 3 is 2.73 bits per heavy atom. The van der Waals surface area contributed by atoms with Crippen molar-refractivity contribution in [3.05, 3.63) is 29.8 Å². The number of carbonyl (C=O) groups excluding carboxylic acids is 1. The number of nitrogens with one attached hydrogen (secondary N) is 1. The van der Waals surface area contributed by atoms with Crippen molar-refractivity contribution in [3.8, 4) is 5.75 Å². The van der Waals surface area contributed by atoms with Crippen molar-refractivity contribution in [2.24, 2.45) is 5.92 Å². The molecule has 124 valence electrons. The Hall–Kier alpha value is -1.26. The molecule has 1 aliphatic heterocycles. The molecule has 0 spiro atoms. The molecule has 22 heavy (non-hydrogen) atoms. The number of rotatable bonds is 6. The molecule has 1 aliphatic rings. The van der Waals surface area contributed by atoms with E-state index in [2.05, 4.69) is 5.32 Å². The Balaban J connectivity index is 0.00000242. The first kappa shape index (κ1) is 18.8. The summed E-state index contributed by atoms with van der Waals surface area (Å²) in [6.45, 7) is 2.87. The lowest BCUT2D eigenvalue weighted by atomic mass is 9.93. The van der Waals surface area contributed by atoms with Gasteiger partial charge in [0.1, 0.15) is 5.75 Å². The third-order valence-corrected chi connectivity index (χ3v) is 4.26. The van der Waals surface area contributed by atoms with Crippen molar-refractivity contribution in [3.63, 3.8) is 0 Å². The highest BCUT2D eigenvalue weighted by Gasteiger charge is 2.22. The monoisotopic (exact) mass is 326 g/mol. The molecule has 1 aromatic rings. The SMILES string of the molecule is CNCCC1CCN(C(=O)Cc2cccc(OC)c2)CC1.Cl. The third kappa shape index (κ3) is 5.50. The van der Waals surface area contributed by atoms with Crippen molar-refractivity contribution < 1.29 is 9.53 Å². The highest BCUT2D eigenvalue weighted by Crippen LogP contribution is 2.21. The number of carbonyl (C=O) groups is 1. The molecule has 5 heteroatoms. The van der Waals surface area contributed by atoms with Crippen LogP contribution in [0, 0.1) is 5.92 Å². The Bertz CT molecular complexity index is 460. The summed E-state index contributed by atoms with van der Waals surface area (Å²) in [5.74, 6) is 1.81. The number of hydrogen-bond donors (Lipinski definition) is 1. The summed E-state index contributed by atoms with van der Waals surface area (Å²) in [4.78, 5) is 14.4. The molecule has 2 rings (SSSR count). The summed E-state index contributed by atoms with van der Waals surface area (Å²) < 4.78 is 5.20. The van der Waals surface area contributed by atoms with Crippen LogP contribution < -0.4 is 10.1 Å². The lowest BCUT2D eigenvalue weighted by Crippen LogP contribution is -2.39. The molecule has 0 aromatic heterocycles. The van der Waals surface area contributed by atoms with Crippen LogP contribution in [0.15, 0.2) is 24.3 Å². The van der Waals surface area contributed by atoms with Crippen molar-refractivity contribution in [1.29, 1.82) is 0 Å². The largest absolute Gasteiger partial charge is 0.497 e. The topological polar surface area (TPSA) is 41.6 Å². The smallest absolute Gasteiger partial charge is 0.226 e. The number of amides is 1. The molecule has 0 saturated carbocycles. The fraction of sp³-hybridized carbons (Fsp3) is 0.588. The van der Waals surface area contributed by atoms with Crippen LogP contribution in [-0.4, -0.2) is 44.6 Å². The Morgan fingerprint density at radius 2 is 2.09 bits per heavy atom. The molecule has 0 radical (unpaired) electrons. The van der Waals surface area contributed by atoms with E-state index in [1.54, 1.807) is 7.11 Å². The molecule has 0 unspecified atom stereocenters. The quantitative estimate of drug-likeness (QED) is 0.873. The second-order valence-corrected chi connectivity index (χ2v) is 5.74. The van der Waals surface area contributed by atoms with Gasteiger partial charge in [0.25, 0.3) is 0 Å². The zero-order chi connectivity index (χ0) is 15.1. The van der Waals surface area contributed by atoms with Gasteiger partial charge in [0.05, 0.1) is 13.5 Å². The predicted octanol–water partition coefficient (Wildman–Crippen LogP) is 2.51. The van der Waals surface area contributed by atoms with E-state index in [9.17, 15) is 4.79 Å². The molecule has 1 heterocycles. The van der Waals surface area contributed by atoms with E-state index in [4.69, 9.17) is 4.74 Å². The normalized spacial score (nSPS) is 15.3. The molecular weight excluding hydrogens is 300 g/mol. The van der Waals surface area contributed by atoms with Crippen molar-refractivity contribution in [2.45, 2.75) is 25.7 Å². The molecular formula is C17H27ClN2O2. The zero-order valence-corrected chi connectivity index (χ0v) is 14.3. The number of hydrogen-bond acceptors (Lipinski definition) is 3. The van der Waals surface area contributed by atoms with Crippen LogP contribution >= 0.6 is 12.4 Å². The summed E-state index contributed by atoms with van der Waals surface area (Å²) in [6, 6.07) is 7.77. The Kier molecular flexibility index (Phi) is 8.28. The first-order valence-electron chi connectivity index (χ1n) is 7.78. The van der Waals surface area contributed by atoms with Gasteiger partial charge in [-0.2, -0.15) is 0 Å². The lowest BCUT2D eigenvalue weighted by molar-refractivity contribution is -0.131. The van der Waals surface area contributed by atoms with E-state index in [-0.39, 0.29) is 18.3 Å². The molecule has 0 atom stereocenters. The van der Waals surface area contributed by atoms with E-state index >= 15 is 0 Å². The van der Waals surface area contributed by atoms with Crippen LogP contribution in [0.2, 0.25) is 0 Å². The molecule has 0 aliphatic carbocycles. The molecule has 4 nitrogen and oxygen atoms in total. The first-order chi connectivity index (χ1) is 10.2. The average molecular weight is 327 g/mol. The lowest BCUT2D eigenvalue weighted by Gasteiger charge is -2.32. The number of methoxy groups -OCH3 is 1. The first-order valence-corrected chi connectivity index (χ1v) is 7.78. The van der Waals surface area contributed by atoms with E-state index < -0.39 is 0 Å². The number of piperidine rings is 1. The van der Waals surface area contributed by atoms with E-state index in [1.165, 1.54) is 6.42 Å². The van der Waals surface area contributed by atoms with Gasteiger partial charge in [-0.05, 0) is 56.5 Å². The molecule has 1 aromatic carbocycles. The minimum absolute atomic E-state index is 0. The van der Waals surface area contributed by atoms with Gasteiger partial charge < -0.3 is 15.0 Å². The van der Waals surface area contributed by atoms with E-state index in [0.29, 0.717) is 6.42 Å². The summed E-state index contributed by atoms with van der Waals surface area (Å²) in [5.41, 5.74) is 1.02. The van der Waals surface area contributed by atoms with Crippen LogP contribution in [-0.2, 0) is 11.2 Å². The predicted molar refractivity (Wildman–Crippen MR) is 91.8 cm³/mol. The van der Waals surface area contributed by atoms with Crippen LogP contribution in [0.25, 0.3) is 0 Å². The summed E-state index contributed by atoms with van der Waals surface area (Å²) in [6.07, 6.45) is 3.95. The van der Waals surface area contributed by atoms with Crippen LogP contribution in [0.5, 0.6) is 5.75 Å². The van der Waals surface area contributed by atoms with Crippen LogP contribution in [0.3, 0.4) is 0 Å². The van der Waals surface area contributed by atoms with Gasteiger partial charge in [-0.1, -0.05) is 12.1 Å². The van der Waals surface area contributed by atoms with Crippen LogP contribution in [0.4, 0.5) is 0 Å². The van der Waals surface area contributed by atoms with Gasteiger partial charge >= 0.3 is 0 Å². The number of nitrogens with zero attached hydrogens (tertiary/aromatic N) is 1. The number of halogens is 1. The highest BCUT2D eigenvalue weighted by atomic mass is 35.5. The Morgan fingerprint density at radius 1 is 1.36 bits per heavy atom. The molecule has 0 bridgehead atoms. The third-order valence-electron chi connectivity index (χ3n) is 4.26. The number of likely N-dealkylation sites (tertiary alicyclic amines) is 1. The maximum Gasteiger partial charge on any atom is 0.226 e. The average Bonchev–Trinajstić information content (AvgIpc) is 2.53. The van der Waals surface area contributed by atoms with Crippen molar-refractivity contribution in [1.82, 2.24) is 10.2 Å². The minimum Gasteiger partial charge on any atom is -0.497 e. The second-order valence-electron chi connectivity index (χ2n) is 5.74. The highest BCUT2D eigenvalue weighted by molar-refractivity contribution is 5.85. The molecule has 1 fully saturated rings. The fourth-order valence-electron chi connectivity index (χ4n) is 2.89. The Labute approximate surface area is 139 Å². The van der Waals surface area contributed by atoms with E-state index in [1.807, 2.05) is 36.2 Å². The number of ether oxygens (including phenoxy) is 1. The fourth-order valence-corrected chi connectivity index (χ4v) is 2.89. The van der Waals surface area contributed by atoms with Gasteiger partial charge in [-0.25, -0.2) is 0 Å². The number of benzene rings is 1. The molecule has 1 saturated heterocycles. The second kappa shape index (κ2) is 9.70. The maximum absolute atomic E-state index is 12.4. The van der Waals surface area contributed by atoms with Gasteiger partial charge in [0.15, 0.2) is 0 Å². The van der Waals surface area contributed by atoms with Crippen molar-refractivity contribution >= 4 is 18.3 Å². The summed E-state index contributed by atoms with van der Waals surface area (Å²) in [5, 5.41) is 3.20. The van der Waals surface area contributed by atoms with Crippen LogP contribution in [0.1, 0.15) is 24.8 Å². The van der Waals surface area contributed by atoms with Gasteiger partial charge in [0.2, 0.25) is 5.91 Å². The summed E-state index contributed by atoms with van der Waals surface area (Å²) in [7, 11) is 3.64. The summed E-state index contributed by atoms with van der Waals surface area (Å²) >= 11 is 0. The zero-order valence-electron chi connectivity index (χ0n) is 13.5. The molecule has 1 N–H and O–H groups in total.